The second kappa shape index (κ2) is 4.52. The summed E-state index contributed by atoms with van der Waals surface area (Å²) in [4.78, 5) is 16.0. The van der Waals surface area contributed by atoms with Gasteiger partial charge in [0, 0.05) is 12.3 Å². The lowest BCUT2D eigenvalue weighted by molar-refractivity contribution is -0.120. The van der Waals surface area contributed by atoms with E-state index in [1.54, 1.807) is 0 Å². The monoisotopic (exact) mass is 271 g/mol. The second-order valence-corrected chi connectivity index (χ2v) is 5.14. The van der Waals surface area contributed by atoms with Gasteiger partial charge in [-0.3, -0.25) is 15.2 Å². The minimum Gasteiger partial charge on any atom is -0.300 e. The summed E-state index contributed by atoms with van der Waals surface area (Å²) in [5.74, 6) is -1.67. The maximum absolute atomic E-state index is 12.9. The minimum atomic E-state index is -2.72. The summed E-state index contributed by atoms with van der Waals surface area (Å²) in [7, 11) is 0. The smallest absolute Gasteiger partial charge is 0.260 e. The highest BCUT2D eigenvalue weighted by atomic mass is 19.3. The van der Waals surface area contributed by atoms with E-state index < -0.39 is 18.5 Å². The molecule has 0 aromatic carbocycles. The molecule has 2 aliphatic rings. The van der Waals surface area contributed by atoms with Crippen molar-refractivity contribution < 1.29 is 13.6 Å². The average Bonchev–Trinajstić information content (AvgIpc) is 3.10. The number of hydrogen-bond acceptors (Lipinski definition) is 4. The molecule has 1 saturated carbocycles. The molecule has 2 fully saturated rings. The second-order valence-electron chi connectivity index (χ2n) is 5.14. The first kappa shape index (κ1) is 12.5. The minimum absolute atomic E-state index is 0.110. The molecule has 104 valence electrons. The van der Waals surface area contributed by atoms with Crippen molar-refractivity contribution in [2.75, 3.05) is 11.9 Å². The Bertz CT molecular complexity index is 475. The molecular weight excluding hydrogens is 256 g/mol. The molecule has 1 aliphatic carbocycles. The zero-order chi connectivity index (χ0) is 13.5. The van der Waals surface area contributed by atoms with Crippen LogP contribution in [0.1, 0.15) is 37.4 Å². The van der Waals surface area contributed by atoms with Crippen LogP contribution in [0.4, 0.5) is 14.7 Å². The van der Waals surface area contributed by atoms with E-state index in [4.69, 9.17) is 0 Å². The number of halogens is 2. The van der Waals surface area contributed by atoms with Crippen molar-refractivity contribution in [3.8, 4) is 0 Å². The summed E-state index contributed by atoms with van der Waals surface area (Å²) in [6.45, 7) is -0.466. The molecule has 19 heavy (non-hydrogen) atoms. The van der Waals surface area contributed by atoms with Crippen LogP contribution < -0.4 is 10.6 Å². The van der Waals surface area contributed by atoms with Gasteiger partial charge in [-0.25, -0.2) is 8.78 Å². The van der Waals surface area contributed by atoms with Crippen LogP contribution in [-0.4, -0.2) is 39.6 Å². The number of hydrogen-bond donors (Lipinski definition) is 3. The summed E-state index contributed by atoms with van der Waals surface area (Å²) in [6.07, 6.45) is 2.00. The van der Waals surface area contributed by atoms with Gasteiger partial charge in [-0.1, -0.05) is 0 Å². The highest BCUT2D eigenvalue weighted by molar-refractivity contribution is 5.93. The third-order valence-corrected chi connectivity index (χ3v) is 3.42. The number of carbonyl (C=O) groups is 1. The van der Waals surface area contributed by atoms with Gasteiger partial charge in [0.2, 0.25) is 11.9 Å². The van der Waals surface area contributed by atoms with Gasteiger partial charge in [0.05, 0.1) is 12.6 Å². The number of carbonyl (C=O) groups excluding carboxylic acids is 1. The number of rotatable bonds is 3. The van der Waals surface area contributed by atoms with Crippen LogP contribution >= 0.6 is 0 Å². The Balaban J connectivity index is 1.55. The van der Waals surface area contributed by atoms with E-state index in [1.807, 2.05) is 0 Å². The predicted octanol–water partition coefficient (Wildman–Crippen LogP) is 1.01. The summed E-state index contributed by atoms with van der Waals surface area (Å²) >= 11 is 0. The van der Waals surface area contributed by atoms with E-state index in [2.05, 4.69) is 25.8 Å². The third kappa shape index (κ3) is 2.89. The van der Waals surface area contributed by atoms with Gasteiger partial charge in [0.15, 0.2) is 0 Å². The lowest BCUT2D eigenvalue weighted by atomic mass is 10.0. The fourth-order valence-electron chi connectivity index (χ4n) is 2.11. The molecule has 8 heteroatoms. The molecule has 1 aliphatic heterocycles. The Morgan fingerprint density at radius 3 is 2.79 bits per heavy atom. The number of alkyl halides is 2. The van der Waals surface area contributed by atoms with Crippen molar-refractivity contribution in [2.24, 2.45) is 0 Å². The number of anilines is 1. The van der Waals surface area contributed by atoms with Crippen molar-refractivity contribution in [1.29, 1.82) is 0 Å². The molecule has 1 atom stereocenters. The molecule has 2 heterocycles. The highest BCUT2D eigenvalue weighted by Gasteiger charge is 2.37. The highest BCUT2D eigenvalue weighted by Crippen LogP contribution is 2.38. The van der Waals surface area contributed by atoms with Gasteiger partial charge in [0.1, 0.15) is 5.82 Å². The Labute approximate surface area is 108 Å². The van der Waals surface area contributed by atoms with Crippen molar-refractivity contribution in [3.05, 3.63) is 5.82 Å². The van der Waals surface area contributed by atoms with Crippen molar-refractivity contribution in [2.45, 2.75) is 43.6 Å². The third-order valence-electron chi connectivity index (χ3n) is 3.42. The lowest BCUT2D eigenvalue weighted by Gasteiger charge is -2.28. The maximum Gasteiger partial charge on any atom is 0.260 e. The molecule has 0 bridgehead atoms. The molecule has 0 radical (unpaired) electrons. The molecule has 1 unspecified atom stereocenters. The van der Waals surface area contributed by atoms with Crippen LogP contribution in [0.15, 0.2) is 0 Å². The van der Waals surface area contributed by atoms with Crippen LogP contribution in [0, 0.1) is 0 Å². The van der Waals surface area contributed by atoms with E-state index in [1.165, 1.54) is 0 Å². The van der Waals surface area contributed by atoms with Gasteiger partial charge < -0.3 is 5.32 Å². The summed E-state index contributed by atoms with van der Waals surface area (Å²) in [5, 5.41) is 11.8. The molecular formula is C11H15F2N5O. The molecule has 6 nitrogen and oxygen atoms in total. The van der Waals surface area contributed by atoms with Crippen molar-refractivity contribution >= 4 is 11.9 Å². The summed E-state index contributed by atoms with van der Waals surface area (Å²) < 4.78 is 25.9. The van der Waals surface area contributed by atoms with Crippen LogP contribution in [0.2, 0.25) is 0 Å². The van der Waals surface area contributed by atoms with Crippen molar-refractivity contribution in [1.82, 2.24) is 20.5 Å². The summed E-state index contributed by atoms with van der Waals surface area (Å²) in [5.41, 5.74) is 0. The number of nitrogens with zero attached hydrogens (tertiary/aromatic N) is 2. The van der Waals surface area contributed by atoms with Crippen LogP contribution in [0.3, 0.4) is 0 Å². The molecule has 1 aromatic heterocycles. The number of aromatic amines is 1. The van der Waals surface area contributed by atoms with Crippen LogP contribution in [0.25, 0.3) is 0 Å². The topological polar surface area (TPSA) is 82.7 Å². The number of piperidine rings is 1. The van der Waals surface area contributed by atoms with Crippen molar-refractivity contribution in [3.63, 3.8) is 0 Å². The van der Waals surface area contributed by atoms with E-state index in [0.717, 1.165) is 18.7 Å². The molecule has 1 aromatic rings. The quantitative estimate of drug-likeness (QED) is 0.766. The first-order valence-electron chi connectivity index (χ1n) is 6.38. The SMILES string of the molecule is O=C(Nc1n[nH]c(C2CC2)n1)C1CCC(F)(F)CN1. The zero-order valence-corrected chi connectivity index (χ0v) is 10.2. The van der Waals surface area contributed by atoms with Crippen LogP contribution in [-0.2, 0) is 4.79 Å². The fraction of sp³-hybridized carbons (Fsp3) is 0.727. The van der Waals surface area contributed by atoms with E-state index >= 15 is 0 Å². The largest absolute Gasteiger partial charge is 0.300 e. The maximum atomic E-state index is 12.9. The molecule has 3 N–H and O–H groups in total. The molecule has 0 spiro atoms. The van der Waals surface area contributed by atoms with Gasteiger partial charge >= 0.3 is 0 Å². The first-order valence-corrected chi connectivity index (χ1v) is 6.38. The zero-order valence-electron chi connectivity index (χ0n) is 10.2. The average molecular weight is 271 g/mol. The molecule has 1 amide bonds. The van der Waals surface area contributed by atoms with E-state index in [-0.39, 0.29) is 24.7 Å². The Morgan fingerprint density at radius 2 is 2.16 bits per heavy atom. The lowest BCUT2D eigenvalue weighted by Crippen LogP contribution is -2.50. The van der Waals surface area contributed by atoms with E-state index in [9.17, 15) is 13.6 Å². The van der Waals surface area contributed by atoms with Gasteiger partial charge in [-0.15, -0.1) is 5.10 Å². The van der Waals surface area contributed by atoms with Gasteiger partial charge in [-0.05, 0) is 19.3 Å². The predicted molar refractivity (Wildman–Crippen MR) is 63.0 cm³/mol. The Morgan fingerprint density at radius 1 is 1.37 bits per heavy atom. The number of nitrogens with one attached hydrogen (secondary N) is 3. The number of aromatic nitrogens is 3. The molecule has 3 rings (SSSR count). The fourth-order valence-corrected chi connectivity index (χ4v) is 2.11. The number of H-pyrrole nitrogens is 1. The molecule has 1 saturated heterocycles. The standard InChI is InChI=1S/C11H15F2N5O/c12-11(13)4-3-7(14-5-11)9(19)16-10-15-8(17-18-10)6-1-2-6/h6-7,14H,1-5H2,(H2,15,16,17,18,19). The van der Waals surface area contributed by atoms with Crippen LogP contribution in [0.5, 0.6) is 0 Å². The normalized spacial score (nSPS) is 26.1. The van der Waals surface area contributed by atoms with Gasteiger partial charge in [-0.2, -0.15) is 4.98 Å². The first-order chi connectivity index (χ1) is 9.03. The number of amides is 1. The van der Waals surface area contributed by atoms with E-state index in [0.29, 0.717) is 5.92 Å². The Hall–Kier alpha value is -1.57. The Kier molecular flexibility index (Phi) is 2.96. The van der Waals surface area contributed by atoms with Gasteiger partial charge in [0.25, 0.3) is 5.92 Å². The summed E-state index contributed by atoms with van der Waals surface area (Å²) in [6, 6.07) is -0.609.